The van der Waals surface area contributed by atoms with Crippen LogP contribution in [0.3, 0.4) is 0 Å². The third kappa shape index (κ3) is 4.90. The smallest absolute Gasteiger partial charge is 0.229 e. The van der Waals surface area contributed by atoms with Gasteiger partial charge in [-0.25, -0.2) is 22.2 Å². The maximum absolute atomic E-state index is 13.8. The van der Waals surface area contributed by atoms with Gasteiger partial charge < -0.3 is 15.4 Å². The number of anilines is 3. The Morgan fingerprint density at radius 1 is 1.10 bits per heavy atom. The molecule has 7 nitrogen and oxygen atoms in total. The van der Waals surface area contributed by atoms with Crippen molar-refractivity contribution in [2.24, 2.45) is 0 Å². The molecule has 0 radical (unpaired) electrons. The van der Waals surface area contributed by atoms with Crippen molar-refractivity contribution in [3.63, 3.8) is 0 Å². The maximum atomic E-state index is 13.8. The number of nitrogens with one attached hydrogen (secondary N) is 2. The Morgan fingerprint density at radius 2 is 1.83 bits per heavy atom. The highest BCUT2D eigenvalue weighted by atomic mass is 32.2. The summed E-state index contributed by atoms with van der Waals surface area (Å²) in [6.45, 7) is 0. The van der Waals surface area contributed by atoms with Gasteiger partial charge in [-0.1, -0.05) is 0 Å². The van der Waals surface area contributed by atoms with Crippen molar-refractivity contribution in [2.45, 2.75) is 4.90 Å². The zero-order chi connectivity index (χ0) is 21.7. The Kier molecular flexibility index (Phi) is 6.26. The SMILES string of the molecule is CNc1nc(Nc2ccc(OC)cc2)ncc1C=CS(=O)(=O)c1ccc(F)cc1F. The topological polar surface area (TPSA) is 93.2 Å². The van der Waals surface area contributed by atoms with Crippen LogP contribution < -0.4 is 15.4 Å². The number of ether oxygens (including phenoxy) is 1. The minimum absolute atomic E-state index is 0.286. The van der Waals surface area contributed by atoms with Crippen LogP contribution in [0.5, 0.6) is 5.75 Å². The fourth-order valence-corrected chi connectivity index (χ4v) is 3.58. The van der Waals surface area contributed by atoms with Gasteiger partial charge in [0.25, 0.3) is 0 Å². The van der Waals surface area contributed by atoms with E-state index in [-0.39, 0.29) is 5.95 Å². The summed E-state index contributed by atoms with van der Waals surface area (Å²) in [7, 11) is -0.942. The van der Waals surface area contributed by atoms with Crippen molar-refractivity contribution in [1.29, 1.82) is 0 Å². The minimum atomic E-state index is -4.13. The van der Waals surface area contributed by atoms with Crippen molar-refractivity contribution in [3.8, 4) is 5.75 Å². The third-order valence-electron chi connectivity index (χ3n) is 4.03. The number of sulfone groups is 1. The van der Waals surface area contributed by atoms with E-state index in [1.165, 1.54) is 12.3 Å². The summed E-state index contributed by atoms with van der Waals surface area (Å²) in [5.74, 6) is -0.678. The average molecular weight is 432 g/mol. The van der Waals surface area contributed by atoms with Crippen LogP contribution in [0.1, 0.15) is 5.56 Å². The lowest BCUT2D eigenvalue weighted by molar-refractivity contribution is 0.415. The number of nitrogens with zero attached hydrogens (tertiary/aromatic N) is 2. The molecule has 1 aromatic heterocycles. The molecular weight excluding hydrogens is 414 g/mol. The van der Waals surface area contributed by atoms with Crippen LogP contribution in [0.15, 0.2) is 59.0 Å². The number of aromatic nitrogens is 2. The average Bonchev–Trinajstić information content (AvgIpc) is 2.73. The standard InChI is InChI=1S/C20H18F2N4O3S/c1-23-19-13(9-10-30(27,28)18-8-3-14(21)11-17(18)22)12-24-20(26-19)25-15-4-6-16(29-2)7-5-15/h3-12H,1-2H3,(H2,23,24,25,26). The first-order valence-corrected chi connectivity index (χ1v) is 10.2. The monoisotopic (exact) mass is 432 g/mol. The van der Waals surface area contributed by atoms with Gasteiger partial charge in [0.2, 0.25) is 15.8 Å². The van der Waals surface area contributed by atoms with Gasteiger partial charge >= 0.3 is 0 Å². The van der Waals surface area contributed by atoms with E-state index in [4.69, 9.17) is 4.74 Å². The molecular formula is C20H18F2N4O3S. The summed E-state index contributed by atoms with van der Waals surface area (Å²) in [6, 6.07) is 9.41. The fourth-order valence-electron chi connectivity index (χ4n) is 2.52. The van der Waals surface area contributed by atoms with Crippen LogP contribution in [-0.2, 0) is 9.84 Å². The molecule has 0 spiro atoms. The predicted molar refractivity (Wildman–Crippen MR) is 110 cm³/mol. The van der Waals surface area contributed by atoms with Gasteiger partial charge in [-0.3, -0.25) is 0 Å². The van der Waals surface area contributed by atoms with E-state index < -0.39 is 26.4 Å². The summed E-state index contributed by atoms with van der Waals surface area (Å²) in [4.78, 5) is 7.84. The summed E-state index contributed by atoms with van der Waals surface area (Å²) in [6.07, 6.45) is 2.65. The first-order valence-electron chi connectivity index (χ1n) is 8.66. The highest BCUT2D eigenvalue weighted by Gasteiger charge is 2.17. The lowest BCUT2D eigenvalue weighted by Gasteiger charge is -2.09. The van der Waals surface area contributed by atoms with Gasteiger partial charge in [0.15, 0.2) is 0 Å². The third-order valence-corrected chi connectivity index (χ3v) is 5.47. The molecule has 0 aliphatic heterocycles. The largest absolute Gasteiger partial charge is 0.497 e. The van der Waals surface area contributed by atoms with Gasteiger partial charge in [-0.05, 0) is 42.5 Å². The Labute approximate surface area is 172 Å². The number of rotatable bonds is 7. The van der Waals surface area contributed by atoms with Crippen LogP contribution >= 0.6 is 0 Å². The highest BCUT2D eigenvalue weighted by molar-refractivity contribution is 7.94. The number of hydrogen-bond acceptors (Lipinski definition) is 7. The second kappa shape index (κ2) is 8.87. The first kappa shape index (κ1) is 21.2. The number of hydrogen-bond donors (Lipinski definition) is 2. The van der Waals surface area contributed by atoms with Crippen LogP contribution in [-0.4, -0.2) is 32.5 Å². The molecule has 0 fully saturated rings. The summed E-state index contributed by atoms with van der Waals surface area (Å²) in [5, 5.41) is 6.70. The second-order valence-corrected chi connectivity index (χ2v) is 7.83. The molecule has 3 rings (SSSR count). The zero-order valence-corrected chi connectivity index (χ0v) is 16.9. The van der Waals surface area contributed by atoms with E-state index in [0.29, 0.717) is 23.2 Å². The van der Waals surface area contributed by atoms with Crippen LogP contribution in [0, 0.1) is 11.6 Å². The molecule has 0 atom stereocenters. The van der Waals surface area contributed by atoms with Crippen molar-refractivity contribution < 1.29 is 21.9 Å². The fraction of sp³-hybridized carbons (Fsp3) is 0.100. The van der Waals surface area contributed by atoms with E-state index in [0.717, 1.165) is 23.2 Å². The summed E-state index contributed by atoms with van der Waals surface area (Å²) < 4.78 is 56.7. The van der Waals surface area contributed by atoms with Crippen LogP contribution in [0.25, 0.3) is 6.08 Å². The van der Waals surface area contributed by atoms with Gasteiger partial charge in [-0.15, -0.1) is 0 Å². The molecule has 2 aromatic carbocycles. The van der Waals surface area contributed by atoms with Crippen molar-refractivity contribution >= 4 is 33.4 Å². The molecule has 10 heteroatoms. The maximum Gasteiger partial charge on any atom is 0.229 e. The first-order chi connectivity index (χ1) is 14.3. The predicted octanol–water partition coefficient (Wildman–Crippen LogP) is 3.99. The Hall–Kier alpha value is -3.53. The molecule has 0 saturated heterocycles. The molecule has 156 valence electrons. The molecule has 1 heterocycles. The molecule has 0 amide bonds. The minimum Gasteiger partial charge on any atom is -0.497 e. The zero-order valence-electron chi connectivity index (χ0n) is 16.1. The quantitative estimate of drug-likeness (QED) is 0.545. The molecule has 0 aliphatic carbocycles. The Balaban J connectivity index is 1.83. The molecule has 0 unspecified atom stereocenters. The lowest BCUT2D eigenvalue weighted by Crippen LogP contribution is -2.03. The Bertz CT molecular complexity index is 1180. The van der Waals surface area contributed by atoms with E-state index >= 15 is 0 Å². The summed E-state index contributed by atoms with van der Waals surface area (Å²) in [5.41, 5.74) is 1.10. The number of benzene rings is 2. The Morgan fingerprint density at radius 3 is 2.47 bits per heavy atom. The molecule has 0 saturated carbocycles. The number of halogens is 2. The normalized spacial score (nSPS) is 11.5. The van der Waals surface area contributed by atoms with Gasteiger partial charge in [0, 0.05) is 36.0 Å². The molecule has 30 heavy (non-hydrogen) atoms. The van der Waals surface area contributed by atoms with Crippen molar-refractivity contribution in [3.05, 3.63) is 71.3 Å². The number of methoxy groups -OCH3 is 1. The van der Waals surface area contributed by atoms with Gasteiger partial charge in [0.1, 0.15) is 28.1 Å². The van der Waals surface area contributed by atoms with Crippen molar-refractivity contribution in [2.75, 3.05) is 24.8 Å². The highest BCUT2D eigenvalue weighted by Crippen LogP contribution is 2.23. The van der Waals surface area contributed by atoms with E-state index in [1.807, 2.05) is 0 Å². The lowest BCUT2D eigenvalue weighted by atomic mass is 10.3. The van der Waals surface area contributed by atoms with E-state index in [9.17, 15) is 17.2 Å². The summed E-state index contributed by atoms with van der Waals surface area (Å²) >= 11 is 0. The van der Waals surface area contributed by atoms with E-state index in [2.05, 4.69) is 20.6 Å². The van der Waals surface area contributed by atoms with Crippen molar-refractivity contribution in [1.82, 2.24) is 9.97 Å². The molecule has 0 aliphatic rings. The van der Waals surface area contributed by atoms with Crippen LogP contribution in [0.2, 0.25) is 0 Å². The van der Waals surface area contributed by atoms with Gasteiger partial charge in [-0.2, -0.15) is 4.98 Å². The van der Waals surface area contributed by atoms with Crippen LogP contribution in [0.4, 0.5) is 26.2 Å². The van der Waals surface area contributed by atoms with E-state index in [1.54, 1.807) is 38.4 Å². The molecule has 0 bridgehead atoms. The van der Waals surface area contributed by atoms with Gasteiger partial charge in [0.05, 0.1) is 7.11 Å². The molecule has 2 N–H and O–H groups in total. The second-order valence-electron chi connectivity index (χ2n) is 6.02. The molecule has 3 aromatic rings.